The third-order valence-electron chi connectivity index (χ3n) is 4.64. The van der Waals surface area contributed by atoms with E-state index in [4.69, 9.17) is 4.74 Å². The smallest absolute Gasteiger partial charge is 0.164 e. The maximum absolute atomic E-state index is 12.5. The van der Waals surface area contributed by atoms with Crippen molar-refractivity contribution in [2.24, 2.45) is 0 Å². The summed E-state index contributed by atoms with van der Waals surface area (Å²) in [4.78, 5) is 15.9. The van der Waals surface area contributed by atoms with E-state index < -0.39 is 0 Å². The number of Topliss-reactive ketones (excluding diaryl/α,β-unsaturated/α-hetero) is 1. The first kappa shape index (κ1) is 16.3. The molecule has 4 heteroatoms. The van der Waals surface area contributed by atoms with Gasteiger partial charge in [0.1, 0.15) is 5.75 Å². The number of nitrogens with zero attached hydrogens (tertiary/aromatic N) is 1. The molecule has 0 unspecified atom stereocenters. The number of fused-ring (bicyclic) bond motifs is 1. The number of carbonyl (C=O) groups excluding carboxylic acids is 1. The summed E-state index contributed by atoms with van der Waals surface area (Å²) in [5.41, 5.74) is 3.39. The highest BCUT2D eigenvalue weighted by Gasteiger charge is 2.17. The van der Waals surface area contributed by atoms with E-state index in [0.717, 1.165) is 48.1 Å². The molecule has 0 atom stereocenters. The molecule has 4 rings (SSSR count). The highest BCUT2D eigenvalue weighted by Crippen LogP contribution is 2.34. The Kier molecular flexibility index (Phi) is 4.79. The third-order valence-corrected chi connectivity index (χ3v) is 5.66. The van der Waals surface area contributed by atoms with Crippen LogP contribution in [0.4, 0.5) is 0 Å². The van der Waals surface area contributed by atoms with Crippen LogP contribution in [0.3, 0.4) is 0 Å². The Morgan fingerprint density at radius 3 is 2.92 bits per heavy atom. The lowest BCUT2D eigenvalue weighted by molar-refractivity contribution is 0.0972. The highest BCUT2D eigenvalue weighted by molar-refractivity contribution is 7.99. The topological polar surface area (TPSA) is 29.5 Å². The predicted molar refractivity (Wildman–Crippen MR) is 102 cm³/mol. The lowest BCUT2D eigenvalue weighted by atomic mass is 10.1. The molecule has 0 saturated heterocycles. The molecule has 2 aromatic rings. The molecule has 0 aliphatic carbocycles. The van der Waals surface area contributed by atoms with Gasteiger partial charge in [0.15, 0.2) is 5.78 Å². The third kappa shape index (κ3) is 3.74. The number of ether oxygens (including phenoxy) is 1. The van der Waals surface area contributed by atoms with Crippen LogP contribution >= 0.6 is 11.8 Å². The molecule has 2 heterocycles. The van der Waals surface area contributed by atoms with E-state index in [1.54, 1.807) is 11.8 Å². The van der Waals surface area contributed by atoms with Crippen molar-refractivity contribution in [2.45, 2.75) is 17.7 Å². The molecule has 2 aromatic carbocycles. The van der Waals surface area contributed by atoms with E-state index in [1.165, 1.54) is 11.1 Å². The maximum Gasteiger partial charge on any atom is 0.164 e. The molecule has 0 N–H and O–H groups in total. The van der Waals surface area contributed by atoms with Crippen molar-refractivity contribution in [3.63, 3.8) is 0 Å². The summed E-state index contributed by atoms with van der Waals surface area (Å²) < 4.78 is 5.66. The summed E-state index contributed by atoms with van der Waals surface area (Å²) in [7, 11) is 0. The summed E-state index contributed by atoms with van der Waals surface area (Å²) in [6.07, 6.45) is 3.78. The molecule has 0 aromatic heterocycles. The van der Waals surface area contributed by atoms with Crippen molar-refractivity contribution in [3.8, 4) is 5.75 Å². The fourth-order valence-corrected chi connectivity index (χ4v) is 4.08. The van der Waals surface area contributed by atoms with Gasteiger partial charge in [-0.25, -0.2) is 0 Å². The van der Waals surface area contributed by atoms with Gasteiger partial charge in [0.05, 0.1) is 6.61 Å². The fraction of sp³-hybridized carbons (Fsp3) is 0.286. The first-order chi connectivity index (χ1) is 12.3. The molecule has 128 valence electrons. The summed E-state index contributed by atoms with van der Waals surface area (Å²) in [6, 6.07) is 16.3. The second kappa shape index (κ2) is 7.36. The molecule has 0 radical (unpaired) electrons. The van der Waals surface area contributed by atoms with E-state index in [0.29, 0.717) is 6.42 Å². The van der Waals surface area contributed by atoms with E-state index in [2.05, 4.69) is 35.4 Å². The van der Waals surface area contributed by atoms with Crippen LogP contribution in [0.1, 0.15) is 28.8 Å². The van der Waals surface area contributed by atoms with Gasteiger partial charge in [0.25, 0.3) is 0 Å². The molecule has 0 saturated carbocycles. The lowest BCUT2D eigenvalue weighted by Gasteiger charge is -2.18. The van der Waals surface area contributed by atoms with Crippen molar-refractivity contribution >= 4 is 23.1 Å². The van der Waals surface area contributed by atoms with Gasteiger partial charge in [-0.3, -0.25) is 4.79 Å². The monoisotopic (exact) mass is 351 g/mol. The van der Waals surface area contributed by atoms with Crippen LogP contribution in [0.15, 0.2) is 59.6 Å². The van der Waals surface area contributed by atoms with Crippen LogP contribution < -0.4 is 4.74 Å². The quantitative estimate of drug-likeness (QED) is 0.742. The Labute approximate surface area is 152 Å². The zero-order valence-corrected chi connectivity index (χ0v) is 14.9. The summed E-state index contributed by atoms with van der Waals surface area (Å²) in [5, 5.41) is 0. The summed E-state index contributed by atoms with van der Waals surface area (Å²) >= 11 is 1.79. The van der Waals surface area contributed by atoms with Crippen LogP contribution in [-0.2, 0) is 0 Å². The van der Waals surface area contributed by atoms with Crippen LogP contribution in [0, 0.1) is 0 Å². The van der Waals surface area contributed by atoms with Gasteiger partial charge >= 0.3 is 0 Å². The minimum Gasteiger partial charge on any atom is -0.492 e. The van der Waals surface area contributed by atoms with E-state index >= 15 is 0 Å². The molecular formula is C21H21NO2S. The van der Waals surface area contributed by atoms with Crippen LogP contribution in [-0.4, -0.2) is 36.1 Å². The van der Waals surface area contributed by atoms with Crippen LogP contribution in [0.2, 0.25) is 0 Å². The van der Waals surface area contributed by atoms with E-state index in [9.17, 15) is 4.79 Å². The largest absolute Gasteiger partial charge is 0.492 e. The minimum atomic E-state index is 0.184. The van der Waals surface area contributed by atoms with Crippen molar-refractivity contribution in [2.75, 3.05) is 25.4 Å². The maximum atomic E-state index is 12.5. The van der Waals surface area contributed by atoms with Crippen LogP contribution in [0.5, 0.6) is 5.75 Å². The fourth-order valence-electron chi connectivity index (χ4n) is 3.27. The van der Waals surface area contributed by atoms with Crippen molar-refractivity contribution in [1.29, 1.82) is 0 Å². The molecular weight excluding hydrogens is 330 g/mol. The summed E-state index contributed by atoms with van der Waals surface area (Å²) in [5.74, 6) is 2.02. The molecule has 0 amide bonds. The normalized spacial score (nSPS) is 16.2. The Morgan fingerprint density at radius 1 is 1.16 bits per heavy atom. The number of thioether (sulfide) groups is 1. The number of hydrogen-bond acceptors (Lipinski definition) is 4. The minimum absolute atomic E-state index is 0.184. The van der Waals surface area contributed by atoms with Gasteiger partial charge in [-0.15, -0.1) is 11.8 Å². The standard InChI is InChI=1S/C21H21NO2S/c23-19(17-6-7-21-20(14-17)24-12-13-25-21)9-11-22-10-8-18(15-22)16-4-2-1-3-5-16/h1-7,14-15H,8-13H2. The first-order valence-corrected chi connectivity index (χ1v) is 9.71. The van der Waals surface area contributed by atoms with E-state index in [-0.39, 0.29) is 5.78 Å². The average Bonchev–Trinajstić information content (AvgIpc) is 3.15. The highest BCUT2D eigenvalue weighted by atomic mass is 32.2. The van der Waals surface area contributed by atoms with Gasteiger partial charge in [-0.05, 0) is 29.7 Å². The van der Waals surface area contributed by atoms with Gasteiger partial charge in [0, 0.05) is 41.9 Å². The van der Waals surface area contributed by atoms with Gasteiger partial charge < -0.3 is 9.64 Å². The number of hydrogen-bond donors (Lipinski definition) is 0. The Morgan fingerprint density at radius 2 is 2.04 bits per heavy atom. The first-order valence-electron chi connectivity index (χ1n) is 8.72. The SMILES string of the molecule is O=C(CCN1C=C(c2ccccc2)CC1)c1ccc2c(c1)OCCS2. The Hall–Kier alpha value is -2.20. The van der Waals surface area contributed by atoms with Gasteiger partial charge in [-0.2, -0.15) is 0 Å². The average molecular weight is 351 g/mol. The van der Waals surface area contributed by atoms with Crippen LogP contribution in [0.25, 0.3) is 5.57 Å². The predicted octanol–water partition coefficient (Wildman–Crippen LogP) is 4.49. The number of rotatable bonds is 5. The summed E-state index contributed by atoms with van der Waals surface area (Å²) in [6.45, 7) is 2.47. The zero-order chi connectivity index (χ0) is 17.1. The number of carbonyl (C=O) groups is 1. The number of ketones is 1. The molecule has 0 spiro atoms. The second-order valence-corrected chi connectivity index (χ2v) is 7.47. The molecule has 25 heavy (non-hydrogen) atoms. The molecule has 0 fully saturated rings. The van der Waals surface area contributed by atoms with Crippen molar-refractivity contribution < 1.29 is 9.53 Å². The lowest BCUT2D eigenvalue weighted by Crippen LogP contribution is -2.18. The Balaban J connectivity index is 1.37. The van der Waals surface area contributed by atoms with Crippen molar-refractivity contribution in [3.05, 3.63) is 65.9 Å². The molecule has 0 bridgehead atoms. The van der Waals surface area contributed by atoms with E-state index in [1.807, 2.05) is 24.3 Å². The van der Waals surface area contributed by atoms with Gasteiger partial charge in [-0.1, -0.05) is 36.4 Å². The van der Waals surface area contributed by atoms with Gasteiger partial charge in [0.2, 0.25) is 0 Å². The molecule has 2 aliphatic heterocycles. The van der Waals surface area contributed by atoms with Crippen molar-refractivity contribution in [1.82, 2.24) is 4.90 Å². The molecule has 2 aliphatic rings. The Bertz CT molecular complexity index is 801. The zero-order valence-electron chi connectivity index (χ0n) is 14.1. The second-order valence-electron chi connectivity index (χ2n) is 6.34. The number of benzene rings is 2. The molecule has 3 nitrogen and oxygen atoms in total.